The molecule has 2 atom stereocenters. The third-order valence-corrected chi connectivity index (χ3v) is 3.79. The summed E-state index contributed by atoms with van der Waals surface area (Å²) in [4.78, 5) is 13.8. The number of ether oxygens (including phenoxy) is 1. The summed E-state index contributed by atoms with van der Waals surface area (Å²) in [7, 11) is 1.94. The van der Waals surface area contributed by atoms with E-state index in [1.54, 1.807) is 4.90 Å². The molecule has 19 heavy (non-hydrogen) atoms. The van der Waals surface area contributed by atoms with E-state index in [4.69, 9.17) is 4.74 Å². The number of likely N-dealkylation sites (N-methyl/N-ethyl adjacent to an activating group) is 1. The van der Waals surface area contributed by atoms with E-state index in [0.29, 0.717) is 18.6 Å². The molecule has 0 spiro atoms. The van der Waals surface area contributed by atoms with Crippen molar-refractivity contribution in [3.63, 3.8) is 0 Å². The number of carbonyl (C=O) groups is 1. The number of nitrogens with zero attached hydrogens (tertiary/aromatic N) is 1. The van der Waals surface area contributed by atoms with Crippen LogP contribution in [0.15, 0.2) is 30.3 Å². The van der Waals surface area contributed by atoms with Gasteiger partial charge in [0.05, 0.1) is 0 Å². The maximum absolute atomic E-state index is 12.0. The number of nitrogens with one attached hydrogen (secondary N) is 1. The molecule has 4 nitrogen and oxygen atoms in total. The molecular weight excluding hydrogens is 240 g/mol. The van der Waals surface area contributed by atoms with Gasteiger partial charge in [-0.25, -0.2) is 4.79 Å². The molecule has 1 aliphatic heterocycles. The third-order valence-electron chi connectivity index (χ3n) is 3.79. The van der Waals surface area contributed by atoms with Gasteiger partial charge in [0.1, 0.15) is 6.61 Å². The number of likely N-dealkylation sites (tertiary alicyclic amines) is 1. The van der Waals surface area contributed by atoms with Crippen LogP contribution in [0, 0.1) is 5.92 Å². The first-order valence-corrected chi connectivity index (χ1v) is 6.83. The Morgan fingerprint density at radius 1 is 1.42 bits per heavy atom. The van der Waals surface area contributed by atoms with E-state index in [1.807, 2.05) is 37.4 Å². The Hall–Kier alpha value is -1.55. The molecule has 0 saturated carbocycles. The van der Waals surface area contributed by atoms with Crippen LogP contribution in [0.2, 0.25) is 0 Å². The van der Waals surface area contributed by atoms with E-state index >= 15 is 0 Å². The standard InChI is InChI=1S/C15H22N2O2/c1-12-8-9-17(10-14(12)16-2)15(18)19-11-13-6-4-3-5-7-13/h3-7,12,14,16H,8-11H2,1-2H3/t12-,14+/m1/s1. The second kappa shape index (κ2) is 6.57. The van der Waals surface area contributed by atoms with Crippen molar-refractivity contribution in [2.75, 3.05) is 20.1 Å². The van der Waals surface area contributed by atoms with Gasteiger partial charge in [-0.1, -0.05) is 37.3 Å². The average molecular weight is 262 g/mol. The Morgan fingerprint density at radius 3 is 2.84 bits per heavy atom. The van der Waals surface area contributed by atoms with Crippen LogP contribution in [0.4, 0.5) is 4.79 Å². The minimum Gasteiger partial charge on any atom is -0.445 e. The van der Waals surface area contributed by atoms with E-state index in [2.05, 4.69) is 12.2 Å². The van der Waals surface area contributed by atoms with Crippen molar-refractivity contribution in [1.82, 2.24) is 10.2 Å². The fraction of sp³-hybridized carbons (Fsp3) is 0.533. The molecule has 2 rings (SSSR count). The van der Waals surface area contributed by atoms with Crippen molar-refractivity contribution < 1.29 is 9.53 Å². The molecule has 4 heteroatoms. The largest absolute Gasteiger partial charge is 0.445 e. The van der Waals surface area contributed by atoms with E-state index < -0.39 is 0 Å². The van der Waals surface area contributed by atoms with Crippen LogP contribution in [0.3, 0.4) is 0 Å². The monoisotopic (exact) mass is 262 g/mol. The highest BCUT2D eigenvalue weighted by molar-refractivity contribution is 5.67. The number of hydrogen-bond acceptors (Lipinski definition) is 3. The summed E-state index contributed by atoms with van der Waals surface area (Å²) in [6, 6.07) is 10.1. The zero-order chi connectivity index (χ0) is 13.7. The highest BCUT2D eigenvalue weighted by atomic mass is 16.6. The Bertz CT molecular complexity index is 408. The second-order valence-corrected chi connectivity index (χ2v) is 5.15. The topological polar surface area (TPSA) is 41.6 Å². The Labute approximate surface area is 114 Å². The summed E-state index contributed by atoms with van der Waals surface area (Å²) in [5, 5.41) is 3.26. The molecule has 1 heterocycles. The third kappa shape index (κ3) is 3.70. The molecular formula is C15H22N2O2. The molecule has 1 aliphatic rings. The Kier molecular flexibility index (Phi) is 4.80. The first kappa shape index (κ1) is 13.9. The summed E-state index contributed by atoms with van der Waals surface area (Å²) in [5.74, 6) is 0.600. The average Bonchev–Trinajstić information content (AvgIpc) is 2.46. The van der Waals surface area contributed by atoms with Crippen molar-refractivity contribution in [2.24, 2.45) is 5.92 Å². The van der Waals surface area contributed by atoms with Gasteiger partial charge in [-0.2, -0.15) is 0 Å². The van der Waals surface area contributed by atoms with Gasteiger partial charge in [-0.3, -0.25) is 0 Å². The minimum atomic E-state index is -0.212. The zero-order valence-electron chi connectivity index (χ0n) is 11.6. The highest BCUT2D eigenvalue weighted by Gasteiger charge is 2.28. The van der Waals surface area contributed by atoms with Crippen molar-refractivity contribution in [3.05, 3.63) is 35.9 Å². The first-order chi connectivity index (χ1) is 9.20. The summed E-state index contributed by atoms with van der Waals surface area (Å²) < 4.78 is 5.35. The van der Waals surface area contributed by atoms with Gasteiger partial charge in [0, 0.05) is 19.1 Å². The summed E-state index contributed by atoms with van der Waals surface area (Å²) in [5.41, 5.74) is 1.02. The number of rotatable bonds is 3. The molecule has 1 N–H and O–H groups in total. The fourth-order valence-corrected chi connectivity index (χ4v) is 2.42. The van der Waals surface area contributed by atoms with Gasteiger partial charge in [0.2, 0.25) is 0 Å². The van der Waals surface area contributed by atoms with Crippen LogP contribution in [0.1, 0.15) is 18.9 Å². The van der Waals surface area contributed by atoms with Crippen LogP contribution in [-0.4, -0.2) is 37.2 Å². The van der Waals surface area contributed by atoms with Crippen LogP contribution in [-0.2, 0) is 11.3 Å². The molecule has 104 valence electrons. The summed E-state index contributed by atoms with van der Waals surface area (Å²) in [6.07, 6.45) is 0.808. The van der Waals surface area contributed by atoms with Crippen LogP contribution < -0.4 is 5.32 Å². The van der Waals surface area contributed by atoms with Gasteiger partial charge < -0.3 is 15.0 Å². The van der Waals surface area contributed by atoms with Crippen molar-refractivity contribution >= 4 is 6.09 Å². The lowest BCUT2D eigenvalue weighted by molar-refractivity contribution is 0.0752. The van der Waals surface area contributed by atoms with Crippen LogP contribution in [0.25, 0.3) is 0 Å². The molecule has 0 aliphatic carbocycles. The fourth-order valence-electron chi connectivity index (χ4n) is 2.42. The Balaban J connectivity index is 1.83. The molecule has 1 fully saturated rings. The van der Waals surface area contributed by atoms with E-state index in [1.165, 1.54) is 0 Å². The molecule has 0 radical (unpaired) electrons. The van der Waals surface area contributed by atoms with Gasteiger partial charge in [-0.15, -0.1) is 0 Å². The van der Waals surface area contributed by atoms with Gasteiger partial charge >= 0.3 is 6.09 Å². The number of carbonyl (C=O) groups excluding carboxylic acids is 1. The maximum Gasteiger partial charge on any atom is 0.410 e. The normalized spacial score (nSPS) is 23.2. The predicted molar refractivity (Wildman–Crippen MR) is 74.8 cm³/mol. The molecule has 1 aromatic carbocycles. The zero-order valence-corrected chi connectivity index (χ0v) is 11.6. The molecule has 0 aromatic heterocycles. The number of piperidine rings is 1. The van der Waals surface area contributed by atoms with E-state index in [-0.39, 0.29) is 6.09 Å². The van der Waals surface area contributed by atoms with Crippen molar-refractivity contribution in [3.8, 4) is 0 Å². The maximum atomic E-state index is 12.0. The van der Waals surface area contributed by atoms with Gasteiger partial charge in [0.25, 0.3) is 0 Å². The summed E-state index contributed by atoms with van der Waals surface area (Å²) in [6.45, 7) is 4.07. The van der Waals surface area contributed by atoms with Crippen molar-refractivity contribution in [2.45, 2.75) is 26.0 Å². The first-order valence-electron chi connectivity index (χ1n) is 6.83. The smallest absolute Gasteiger partial charge is 0.410 e. The Morgan fingerprint density at radius 2 is 2.16 bits per heavy atom. The molecule has 1 saturated heterocycles. The number of hydrogen-bond donors (Lipinski definition) is 1. The molecule has 0 unspecified atom stereocenters. The number of benzene rings is 1. The molecule has 1 aromatic rings. The second-order valence-electron chi connectivity index (χ2n) is 5.15. The lowest BCUT2D eigenvalue weighted by Gasteiger charge is -2.36. The minimum absolute atomic E-state index is 0.212. The van der Waals surface area contributed by atoms with Crippen molar-refractivity contribution in [1.29, 1.82) is 0 Å². The van der Waals surface area contributed by atoms with E-state index in [0.717, 1.165) is 25.1 Å². The van der Waals surface area contributed by atoms with Gasteiger partial charge in [0.15, 0.2) is 0 Å². The quantitative estimate of drug-likeness (QED) is 0.908. The number of amides is 1. The van der Waals surface area contributed by atoms with Crippen LogP contribution in [0.5, 0.6) is 0 Å². The lowest BCUT2D eigenvalue weighted by atomic mass is 9.94. The molecule has 1 amide bonds. The molecule has 0 bridgehead atoms. The summed E-state index contributed by atoms with van der Waals surface area (Å²) >= 11 is 0. The SMILES string of the molecule is CN[C@H]1CN(C(=O)OCc2ccccc2)CC[C@H]1C. The van der Waals surface area contributed by atoms with E-state index in [9.17, 15) is 4.79 Å². The van der Waals surface area contributed by atoms with Gasteiger partial charge in [-0.05, 0) is 24.9 Å². The highest BCUT2D eigenvalue weighted by Crippen LogP contribution is 2.17. The predicted octanol–water partition coefficient (Wildman–Crippen LogP) is 2.25. The van der Waals surface area contributed by atoms with Crippen LogP contribution >= 0.6 is 0 Å². The lowest BCUT2D eigenvalue weighted by Crippen LogP contribution is -2.51.